The molecule has 0 heterocycles. The topological polar surface area (TPSA) is 12.5 Å². The predicted molar refractivity (Wildman–Crippen MR) is 92.4 cm³/mol. The summed E-state index contributed by atoms with van der Waals surface area (Å²) in [5.74, 6) is 6.86. The maximum Gasteiger partial charge on any atom is 0.133 e. The zero-order chi connectivity index (χ0) is 15.9. The number of hydrogen-bond acceptors (Lipinski definition) is 2. The van der Waals surface area contributed by atoms with Crippen molar-refractivity contribution >= 4 is 21.6 Å². The third kappa shape index (κ3) is 4.51. The summed E-state index contributed by atoms with van der Waals surface area (Å²) in [4.78, 5) is 2.05. The summed E-state index contributed by atoms with van der Waals surface area (Å²) in [6.45, 7) is -0.446. The van der Waals surface area contributed by atoms with Crippen molar-refractivity contribution in [3.8, 4) is 17.6 Å². The monoisotopic (exact) mass is 361 g/mol. The van der Waals surface area contributed by atoms with Crippen molar-refractivity contribution in [2.24, 2.45) is 0 Å². The molecular formula is C18H17BrFNO. The minimum absolute atomic E-state index is 0.0574. The van der Waals surface area contributed by atoms with Gasteiger partial charge < -0.3 is 9.64 Å². The molecule has 2 aromatic rings. The van der Waals surface area contributed by atoms with Gasteiger partial charge >= 0.3 is 0 Å². The molecule has 0 amide bonds. The van der Waals surface area contributed by atoms with E-state index in [2.05, 4.69) is 27.8 Å². The third-order valence-electron chi connectivity index (χ3n) is 3.00. The van der Waals surface area contributed by atoms with Gasteiger partial charge in [0.05, 0.1) is 4.47 Å². The van der Waals surface area contributed by atoms with Crippen molar-refractivity contribution in [3.05, 3.63) is 58.1 Å². The standard InChI is InChI=1S/C18H17BrFNO/c1-21(2)16-8-5-14(6-9-16)3-4-15-7-10-18(17(19)13-15)22-12-11-20/h5-10,13H,11-12H2,1-2H3. The van der Waals surface area contributed by atoms with Crippen LogP contribution < -0.4 is 9.64 Å². The lowest BCUT2D eigenvalue weighted by Gasteiger charge is -2.11. The summed E-state index contributed by atoms with van der Waals surface area (Å²) in [6.07, 6.45) is 0. The Bertz CT molecular complexity index is 686. The average Bonchev–Trinajstić information content (AvgIpc) is 2.52. The van der Waals surface area contributed by atoms with Gasteiger partial charge in [0.1, 0.15) is 19.0 Å². The van der Waals surface area contributed by atoms with Gasteiger partial charge in [-0.1, -0.05) is 11.8 Å². The maximum atomic E-state index is 12.1. The number of rotatable bonds is 4. The van der Waals surface area contributed by atoms with Crippen LogP contribution in [0.5, 0.6) is 5.75 Å². The zero-order valence-electron chi connectivity index (χ0n) is 12.6. The molecule has 0 unspecified atom stereocenters. The van der Waals surface area contributed by atoms with E-state index in [9.17, 15) is 4.39 Å². The van der Waals surface area contributed by atoms with Gasteiger partial charge in [-0.15, -0.1) is 0 Å². The van der Waals surface area contributed by atoms with Gasteiger partial charge in [-0.25, -0.2) is 4.39 Å². The van der Waals surface area contributed by atoms with E-state index < -0.39 is 6.67 Å². The molecule has 2 nitrogen and oxygen atoms in total. The average molecular weight is 362 g/mol. The molecule has 2 aromatic carbocycles. The van der Waals surface area contributed by atoms with E-state index in [1.165, 1.54) is 0 Å². The summed E-state index contributed by atoms with van der Waals surface area (Å²) < 4.78 is 18.1. The summed E-state index contributed by atoms with van der Waals surface area (Å²) in [5.41, 5.74) is 2.97. The maximum absolute atomic E-state index is 12.1. The van der Waals surface area contributed by atoms with Gasteiger partial charge in [0.15, 0.2) is 0 Å². The summed E-state index contributed by atoms with van der Waals surface area (Å²) in [6, 6.07) is 13.6. The Morgan fingerprint density at radius 1 is 1.05 bits per heavy atom. The first-order chi connectivity index (χ1) is 10.6. The van der Waals surface area contributed by atoms with Crippen LogP contribution in [-0.2, 0) is 0 Å². The van der Waals surface area contributed by atoms with Crippen LogP contribution in [0.25, 0.3) is 0 Å². The van der Waals surface area contributed by atoms with Crippen molar-refractivity contribution in [2.75, 3.05) is 32.3 Å². The number of halogens is 2. The minimum Gasteiger partial charge on any atom is -0.490 e. The molecule has 0 aliphatic heterocycles. The van der Waals surface area contributed by atoms with Crippen molar-refractivity contribution in [3.63, 3.8) is 0 Å². The second-order valence-electron chi connectivity index (χ2n) is 4.87. The van der Waals surface area contributed by atoms with Gasteiger partial charge in [-0.05, 0) is 58.4 Å². The fourth-order valence-corrected chi connectivity index (χ4v) is 2.32. The Morgan fingerprint density at radius 3 is 2.27 bits per heavy atom. The van der Waals surface area contributed by atoms with Crippen LogP contribution in [-0.4, -0.2) is 27.4 Å². The highest BCUT2D eigenvalue weighted by atomic mass is 79.9. The first kappa shape index (κ1) is 16.4. The Morgan fingerprint density at radius 2 is 1.68 bits per heavy atom. The van der Waals surface area contributed by atoms with E-state index in [1.807, 2.05) is 55.4 Å². The lowest BCUT2D eigenvalue weighted by Crippen LogP contribution is -2.07. The van der Waals surface area contributed by atoms with Gasteiger partial charge in [-0.3, -0.25) is 0 Å². The minimum atomic E-state index is -0.503. The van der Waals surface area contributed by atoms with E-state index in [0.717, 1.165) is 21.3 Å². The van der Waals surface area contributed by atoms with Crippen molar-refractivity contribution < 1.29 is 9.13 Å². The number of nitrogens with zero attached hydrogens (tertiary/aromatic N) is 1. The summed E-state index contributed by atoms with van der Waals surface area (Å²) in [5, 5.41) is 0. The van der Waals surface area contributed by atoms with Crippen molar-refractivity contribution in [2.45, 2.75) is 0 Å². The lowest BCUT2D eigenvalue weighted by atomic mass is 10.1. The Labute approximate surface area is 139 Å². The van der Waals surface area contributed by atoms with Gasteiger partial charge in [0, 0.05) is 30.9 Å². The SMILES string of the molecule is CN(C)c1ccc(C#Cc2ccc(OCCF)c(Br)c2)cc1. The normalized spacial score (nSPS) is 9.82. The second-order valence-corrected chi connectivity index (χ2v) is 5.73. The number of hydrogen-bond donors (Lipinski definition) is 0. The molecule has 0 saturated carbocycles. The molecule has 114 valence electrons. The molecule has 0 fully saturated rings. The highest BCUT2D eigenvalue weighted by Gasteiger charge is 2.01. The molecule has 0 atom stereocenters. The highest BCUT2D eigenvalue weighted by Crippen LogP contribution is 2.25. The molecule has 2 rings (SSSR count). The third-order valence-corrected chi connectivity index (χ3v) is 3.62. The molecule has 4 heteroatoms. The number of alkyl halides is 1. The molecule has 0 spiro atoms. The van der Waals surface area contributed by atoms with Crippen molar-refractivity contribution in [1.82, 2.24) is 0 Å². The summed E-state index contributed by atoms with van der Waals surface area (Å²) >= 11 is 3.41. The van der Waals surface area contributed by atoms with E-state index >= 15 is 0 Å². The van der Waals surface area contributed by atoms with Gasteiger partial charge in [0.25, 0.3) is 0 Å². The fraction of sp³-hybridized carbons (Fsp3) is 0.222. The van der Waals surface area contributed by atoms with E-state index in [1.54, 1.807) is 6.07 Å². The lowest BCUT2D eigenvalue weighted by molar-refractivity contribution is 0.272. The second kappa shape index (κ2) is 7.86. The molecule has 0 N–H and O–H groups in total. The van der Waals surface area contributed by atoms with E-state index in [-0.39, 0.29) is 6.61 Å². The van der Waals surface area contributed by atoms with Crippen LogP contribution in [0.3, 0.4) is 0 Å². The molecular weight excluding hydrogens is 345 g/mol. The zero-order valence-corrected chi connectivity index (χ0v) is 14.2. The summed E-state index contributed by atoms with van der Waals surface area (Å²) in [7, 11) is 4.01. The highest BCUT2D eigenvalue weighted by molar-refractivity contribution is 9.10. The van der Waals surface area contributed by atoms with Crippen LogP contribution in [0.15, 0.2) is 46.9 Å². The van der Waals surface area contributed by atoms with E-state index in [0.29, 0.717) is 5.75 Å². The van der Waals surface area contributed by atoms with E-state index in [4.69, 9.17) is 4.74 Å². The van der Waals surface area contributed by atoms with Crippen LogP contribution >= 0.6 is 15.9 Å². The largest absolute Gasteiger partial charge is 0.490 e. The van der Waals surface area contributed by atoms with Crippen LogP contribution in [0.2, 0.25) is 0 Å². The molecule has 0 bridgehead atoms. The quantitative estimate of drug-likeness (QED) is 0.754. The number of ether oxygens (including phenoxy) is 1. The number of benzene rings is 2. The first-order valence-electron chi connectivity index (χ1n) is 6.88. The Balaban J connectivity index is 2.12. The molecule has 22 heavy (non-hydrogen) atoms. The Kier molecular flexibility index (Phi) is 5.85. The van der Waals surface area contributed by atoms with Gasteiger partial charge in [-0.2, -0.15) is 0 Å². The van der Waals surface area contributed by atoms with Crippen LogP contribution in [0, 0.1) is 11.8 Å². The molecule has 0 aliphatic rings. The van der Waals surface area contributed by atoms with Gasteiger partial charge in [0.2, 0.25) is 0 Å². The molecule has 0 radical (unpaired) electrons. The smallest absolute Gasteiger partial charge is 0.133 e. The van der Waals surface area contributed by atoms with Crippen LogP contribution in [0.1, 0.15) is 11.1 Å². The molecule has 0 aromatic heterocycles. The predicted octanol–water partition coefficient (Wildman–Crippen LogP) is 4.26. The van der Waals surface area contributed by atoms with Crippen LogP contribution in [0.4, 0.5) is 10.1 Å². The molecule has 0 aliphatic carbocycles. The first-order valence-corrected chi connectivity index (χ1v) is 7.67. The van der Waals surface area contributed by atoms with Crippen molar-refractivity contribution in [1.29, 1.82) is 0 Å². The number of anilines is 1. The fourth-order valence-electron chi connectivity index (χ4n) is 1.83. The molecule has 0 saturated heterocycles. The Hall–Kier alpha value is -1.99.